The molecule has 0 aliphatic heterocycles. The van der Waals surface area contributed by atoms with E-state index in [9.17, 15) is 0 Å². The lowest BCUT2D eigenvalue weighted by Gasteiger charge is -2.14. The Balaban J connectivity index is 1.26. The van der Waals surface area contributed by atoms with Crippen LogP contribution in [0, 0.1) is 0 Å². The summed E-state index contributed by atoms with van der Waals surface area (Å²) in [7, 11) is 0. The largest absolute Gasteiger partial charge is 0.437 e. The Labute approximate surface area is 321 Å². The molecule has 0 aliphatic carbocycles. The van der Waals surface area contributed by atoms with Crippen molar-refractivity contribution in [2.75, 3.05) is 0 Å². The third kappa shape index (κ3) is 5.27. The van der Waals surface area contributed by atoms with Crippen LogP contribution in [0.5, 0.6) is 0 Å². The average molecular weight is 719 g/mol. The third-order valence-electron chi connectivity index (χ3n) is 10.4. The maximum Gasteiger partial charge on any atom is 0.227 e. The van der Waals surface area contributed by atoms with E-state index in [1.807, 2.05) is 66.7 Å². The molecule has 0 fully saturated rings. The molecule has 0 saturated heterocycles. The zero-order valence-electron chi connectivity index (χ0n) is 29.9. The van der Waals surface area contributed by atoms with E-state index in [2.05, 4.69) is 113 Å². The molecule has 56 heavy (non-hydrogen) atoms. The molecule has 6 aromatic carbocycles. The van der Waals surface area contributed by atoms with E-state index in [0.29, 0.717) is 28.8 Å². The van der Waals surface area contributed by atoms with E-state index < -0.39 is 0 Å². The topological polar surface area (TPSA) is 77.8 Å². The first-order valence-corrected chi connectivity index (χ1v) is 18.5. The lowest BCUT2D eigenvalue weighted by Crippen LogP contribution is -1.97. The summed E-state index contributed by atoms with van der Waals surface area (Å²) in [6.07, 6.45) is 3.53. The molecule has 5 aromatic heterocycles. The fourth-order valence-corrected chi connectivity index (χ4v) is 7.88. The van der Waals surface area contributed by atoms with E-state index >= 15 is 0 Å². The highest BCUT2D eigenvalue weighted by atomic mass is 16.3. The Kier molecular flexibility index (Phi) is 7.38. The van der Waals surface area contributed by atoms with Crippen LogP contribution >= 0.6 is 0 Å². The molecular formula is C50H30N4O2. The summed E-state index contributed by atoms with van der Waals surface area (Å²) >= 11 is 0. The Hall–Kier alpha value is -7.70. The second-order valence-electron chi connectivity index (χ2n) is 13.8. The number of benzene rings is 6. The smallest absolute Gasteiger partial charge is 0.227 e. The van der Waals surface area contributed by atoms with Gasteiger partial charge in [-0.2, -0.15) is 0 Å². The molecule has 0 N–H and O–H groups in total. The minimum Gasteiger partial charge on any atom is -0.437 e. The average Bonchev–Trinajstić information content (AvgIpc) is 3.86. The third-order valence-corrected chi connectivity index (χ3v) is 10.4. The number of aromatic nitrogens is 4. The Morgan fingerprint density at radius 2 is 0.857 bits per heavy atom. The van der Waals surface area contributed by atoms with Crippen molar-refractivity contribution in [3.63, 3.8) is 0 Å². The highest BCUT2D eigenvalue weighted by Gasteiger charge is 2.24. The van der Waals surface area contributed by atoms with Crippen LogP contribution in [0.15, 0.2) is 191 Å². The molecule has 6 nitrogen and oxygen atoms in total. The molecule has 11 rings (SSSR count). The van der Waals surface area contributed by atoms with Crippen molar-refractivity contribution in [3.05, 3.63) is 182 Å². The Bertz CT molecular complexity index is 3110. The lowest BCUT2D eigenvalue weighted by atomic mass is 9.92. The van der Waals surface area contributed by atoms with Gasteiger partial charge in [0, 0.05) is 67.3 Å². The standard InChI is InChI=1S/C50H30N4O2/c1-4-15-32(16-5-1)42-39-22-12-26-51-49(39)55-46(42)36-28-35(29-37(30-36)47-43(33-17-6-2-7-18-33)40-23-13-27-52-50(40)56-47)44-41-25-24-31-14-10-11-21-38(31)45(41)54-48(53-44)34-19-8-3-9-20-34/h1-30H. The van der Waals surface area contributed by atoms with Gasteiger partial charge in [-0.15, -0.1) is 0 Å². The number of hydrogen-bond acceptors (Lipinski definition) is 6. The van der Waals surface area contributed by atoms with Crippen LogP contribution in [-0.4, -0.2) is 19.9 Å². The molecule has 0 aliphatic rings. The molecule has 0 saturated carbocycles. The van der Waals surface area contributed by atoms with Crippen molar-refractivity contribution in [2.45, 2.75) is 0 Å². The fraction of sp³-hybridized carbons (Fsp3) is 0. The summed E-state index contributed by atoms with van der Waals surface area (Å²) in [6, 6.07) is 58.0. The summed E-state index contributed by atoms with van der Waals surface area (Å²) in [4.78, 5) is 19.9. The summed E-state index contributed by atoms with van der Waals surface area (Å²) < 4.78 is 13.5. The highest BCUT2D eigenvalue weighted by Crippen LogP contribution is 2.46. The number of nitrogens with zero attached hydrogens (tertiary/aromatic N) is 4. The molecule has 6 heteroatoms. The number of pyridine rings is 2. The first kappa shape index (κ1) is 31.8. The number of rotatable bonds is 6. The molecule has 0 amide bonds. The first-order valence-electron chi connectivity index (χ1n) is 18.5. The molecule has 262 valence electrons. The predicted molar refractivity (Wildman–Crippen MR) is 225 cm³/mol. The van der Waals surface area contributed by atoms with Crippen LogP contribution in [0.1, 0.15) is 0 Å². The monoisotopic (exact) mass is 718 g/mol. The van der Waals surface area contributed by atoms with Crippen molar-refractivity contribution in [1.29, 1.82) is 0 Å². The predicted octanol–water partition coefficient (Wildman–Crippen LogP) is 13.1. The summed E-state index contributed by atoms with van der Waals surface area (Å²) in [5, 5.41) is 4.98. The van der Waals surface area contributed by atoms with Gasteiger partial charge in [0.15, 0.2) is 5.82 Å². The van der Waals surface area contributed by atoms with Crippen LogP contribution in [-0.2, 0) is 0 Å². The highest BCUT2D eigenvalue weighted by molar-refractivity contribution is 6.11. The molecule has 5 heterocycles. The van der Waals surface area contributed by atoms with Crippen LogP contribution in [0.25, 0.3) is 111 Å². The lowest BCUT2D eigenvalue weighted by molar-refractivity contribution is 0.617. The van der Waals surface area contributed by atoms with Crippen LogP contribution in [0.3, 0.4) is 0 Å². The van der Waals surface area contributed by atoms with Gasteiger partial charge >= 0.3 is 0 Å². The molecular weight excluding hydrogens is 689 g/mol. The quantitative estimate of drug-likeness (QED) is 0.159. The second-order valence-corrected chi connectivity index (χ2v) is 13.8. The molecule has 0 radical (unpaired) electrons. The Morgan fingerprint density at radius 1 is 0.357 bits per heavy atom. The zero-order chi connectivity index (χ0) is 37.0. The normalized spacial score (nSPS) is 11.6. The van der Waals surface area contributed by atoms with Gasteiger partial charge in [0.1, 0.15) is 11.5 Å². The molecule has 0 bridgehead atoms. The zero-order valence-corrected chi connectivity index (χ0v) is 29.9. The van der Waals surface area contributed by atoms with Gasteiger partial charge in [-0.05, 0) is 65.0 Å². The molecule has 0 spiro atoms. The van der Waals surface area contributed by atoms with Crippen LogP contribution < -0.4 is 0 Å². The van der Waals surface area contributed by atoms with E-state index in [1.165, 1.54) is 0 Å². The summed E-state index contributed by atoms with van der Waals surface area (Å²) in [6.45, 7) is 0. The van der Waals surface area contributed by atoms with E-state index in [1.54, 1.807) is 12.4 Å². The number of furan rings is 2. The van der Waals surface area contributed by atoms with Crippen molar-refractivity contribution in [1.82, 2.24) is 19.9 Å². The van der Waals surface area contributed by atoms with Gasteiger partial charge in [0.05, 0.1) is 11.2 Å². The van der Waals surface area contributed by atoms with Gasteiger partial charge in [0.25, 0.3) is 0 Å². The maximum absolute atomic E-state index is 6.75. The Morgan fingerprint density at radius 3 is 1.45 bits per heavy atom. The maximum atomic E-state index is 6.75. The van der Waals surface area contributed by atoms with Gasteiger partial charge in [-0.3, -0.25) is 0 Å². The summed E-state index contributed by atoms with van der Waals surface area (Å²) in [5.41, 5.74) is 10.3. The SMILES string of the molecule is c1ccc(-c2nc(-c3cc(-c4oc5ncccc5c4-c4ccccc4)cc(-c4oc5ncccc5c4-c4ccccc4)c3)c3ccc4ccccc4c3n2)cc1. The first-order chi connectivity index (χ1) is 27.8. The molecule has 0 unspecified atom stereocenters. The second kappa shape index (κ2) is 13.0. The van der Waals surface area contributed by atoms with Crippen molar-refractivity contribution < 1.29 is 8.83 Å². The van der Waals surface area contributed by atoms with E-state index in [0.717, 1.165) is 82.6 Å². The van der Waals surface area contributed by atoms with E-state index in [-0.39, 0.29) is 0 Å². The molecule has 0 atom stereocenters. The van der Waals surface area contributed by atoms with Gasteiger partial charge in [-0.25, -0.2) is 19.9 Å². The van der Waals surface area contributed by atoms with E-state index in [4.69, 9.17) is 18.8 Å². The summed E-state index contributed by atoms with van der Waals surface area (Å²) in [5.74, 6) is 2.05. The number of fused-ring (bicyclic) bond motifs is 5. The van der Waals surface area contributed by atoms with Crippen LogP contribution in [0.4, 0.5) is 0 Å². The van der Waals surface area contributed by atoms with Gasteiger partial charge in [0.2, 0.25) is 11.4 Å². The minimum atomic E-state index is 0.566. The van der Waals surface area contributed by atoms with Crippen molar-refractivity contribution in [3.8, 4) is 67.5 Å². The minimum absolute atomic E-state index is 0.566. The number of hydrogen-bond donors (Lipinski definition) is 0. The fourth-order valence-electron chi connectivity index (χ4n) is 7.88. The van der Waals surface area contributed by atoms with Gasteiger partial charge in [-0.1, -0.05) is 121 Å². The van der Waals surface area contributed by atoms with Crippen molar-refractivity contribution >= 4 is 43.9 Å². The van der Waals surface area contributed by atoms with Crippen molar-refractivity contribution in [2.24, 2.45) is 0 Å². The molecule has 11 aromatic rings. The van der Waals surface area contributed by atoms with Crippen LogP contribution in [0.2, 0.25) is 0 Å². The van der Waals surface area contributed by atoms with Gasteiger partial charge < -0.3 is 8.83 Å².